The van der Waals surface area contributed by atoms with Crippen LogP contribution >= 0.6 is 0 Å². The predicted octanol–water partition coefficient (Wildman–Crippen LogP) is 0.684. The zero-order valence-corrected chi connectivity index (χ0v) is 15.4. The van der Waals surface area contributed by atoms with Gasteiger partial charge in [0.1, 0.15) is 5.65 Å². The van der Waals surface area contributed by atoms with Crippen molar-refractivity contribution < 1.29 is 17.2 Å². The van der Waals surface area contributed by atoms with Crippen molar-refractivity contribution in [3.63, 3.8) is 0 Å². The van der Waals surface area contributed by atoms with Crippen LogP contribution in [0, 0.1) is 0 Å². The molecule has 0 bridgehead atoms. The number of alkyl halides is 2. The van der Waals surface area contributed by atoms with Crippen LogP contribution in [0.2, 0.25) is 0 Å². The van der Waals surface area contributed by atoms with Crippen LogP contribution in [0.5, 0.6) is 0 Å². The number of piperidine rings is 1. The van der Waals surface area contributed by atoms with Gasteiger partial charge in [0.05, 0.1) is 6.54 Å². The highest BCUT2D eigenvalue weighted by atomic mass is 32.2. The van der Waals surface area contributed by atoms with E-state index < -0.39 is 22.7 Å². The van der Waals surface area contributed by atoms with E-state index >= 15 is 0 Å². The van der Waals surface area contributed by atoms with Gasteiger partial charge in [0.25, 0.3) is 16.1 Å². The van der Waals surface area contributed by atoms with Crippen molar-refractivity contribution in [2.45, 2.75) is 31.7 Å². The summed E-state index contributed by atoms with van der Waals surface area (Å²) in [5, 5.41) is 3.81. The second-order valence-corrected chi connectivity index (χ2v) is 8.29. The highest BCUT2D eigenvalue weighted by Crippen LogP contribution is 2.18. The fraction of sp³-hybridized carbons (Fsp3) is 0.533. The number of pyridine rings is 1. The molecule has 27 heavy (non-hydrogen) atoms. The second kappa shape index (κ2) is 7.44. The molecular formula is C15H20F2N6O3S. The Morgan fingerprint density at radius 3 is 2.70 bits per heavy atom. The van der Waals surface area contributed by atoms with Gasteiger partial charge in [0, 0.05) is 43.7 Å². The summed E-state index contributed by atoms with van der Waals surface area (Å²) in [6.07, 6.45) is 2.52. The molecule has 0 atom stereocenters. The van der Waals surface area contributed by atoms with E-state index in [1.165, 1.54) is 6.07 Å². The van der Waals surface area contributed by atoms with Crippen molar-refractivity contribution in [2.24, 2.45) is 0 Å². The number of anilines is 1. The zero-order chi connectivity index (χ0) is 19.7. The summed E-state index contributed by atoms with van der Waals surface area (Å²) in [7, 11) is -3.94. The maximum absolute atomic E-state index is 12.9. The normalized spacial score (nSPS) is 17.3. The molecule has 0 aliphatic carbocycles. The van der Waals surface area contributed by atoms with E-state index in [1.54, 1.807) is 12.3 Å². The molecule has 1 fully saturated rings. The van der Waals surface area contributed by atoms with Gasteiger partial charge in [-0.3, -0.25) is 4.79 Å². The first kappa shape index (κ1) is 19.6. The maximum atomic E-state index is 12.9. The molecule has 148 valence electrons. The fourth-order valence-corrected chi connectivity index (χ4v) is 4.05. The van der Waals surface area contributed by atoms with Gasteiger partial charge in [0.15, 0.2) is 0 Å². The van der Waals surface area contributed by atoms with Crippen LogP contribution in [-0.2, 0) is 10.2 Å². The lowest BCUT2D eigenvalue weighted by Gasteiger charge is -2.31. The lowest BCUT2D eigenvalue weighted by Crippen LogP contribution is -2.49. The standard InChI is InChI=1S/C15H20F2N6O3S/c1-15(16,17)9-19-27(25,26)23-6-4-11(5-7-23)20-14-18-8-10-2-3-12(24)21-13(10)22-14/h2-3,8,11,19H,4-7,9H2,1H3,(H2,18,20,21,22,24). The quantitative estimate of drug-likeness (QED) is 0.654. The summed E-state index contributed by atoms with van der Waals surface area (Å²) in [6.45, 7) is 0.0957. The first-order valence-corrected chi connectivity index (χ1v) is 9.82. The largest absolute Gasteiger partial charge is 0.351 e. The molecular weight excluding hydrogens is 382 g/mol. The Labute approximate surface area is 154 Å². The van der Waals surface area contributed by atoms with E-state index in [9.17, 15) is 22.0 Å². The summed E-state index contributed by atoms with van der Waals surface area (Å²) in [5.41, 5.74) is 0.139. The van der Waals surface area contributed by atoms with Crippen molar-refractivity contribution in [2.75, 3.05) is 25.0 Å². The van der Waals surface area contributed by atoms with E-state index in [2.05, 4.69) is 20.3 Å². The Morgan fingerprint density at radius 2 is 2.04 bits per heavy atom. The average Bonchev–Trinajstić information content (AvgIpc) is 2.60. The SMILES string of the molecule is CC(F)(F)CNS(=O)(=O)N1CCC(Nc2ncc3ccc(=O)[nH]c3n2)CC1. The molecule has 1 aliphatic rings. The number of aromatic nitrogens is 3. The van der Waals surface area contributed by atoms with Crippen molar-refractivity contribution in [1.29, 1.82) is 0 Å². The lowest BCUT2D eigenvalue weighted by molar-refractivity contribution is 0.0277. The molecule has 3 rings (SSSR count). The van der Waals surface area contributed by atoms with Crippen molar-refractivity contribution >= 4 is 27.2 Å². The Hall–Kier alpha value is -2.18. The molecule has 2 aromatic heterocycles. The number of nitrogens with one attached hydrogen (secondary N) is 3. The Kier molecular flexibility index (Phi) is 5.40. The number of hydrogen-bond donors (Lipinski definition) is 3. The van der Waals surface area contributed by atoms with E-state index in [1.807, 2.05) is 4.72 Å². The number of nitrogens with zero attached hydrogens (tertiary/aromatic N) is 3. The first-order chi connectivity index (χ1) is 12.6. The van der Waals surface area contributed by atoms with Gasteiger partial charge in [-0.1, -0.05) is 0 Å². The minimum atomic E-state index is -3.94. The molecule has 3 heterocycles. The van der Waals surface area contributed by atoms with E-state index in [0.717, 1.165) is 4.31 Å². The molecule has 0 unspecified atom stereocenters. The molecule has 0 spiro atoms. The highest BCUT2D eigenvalue weighted by molar-refractivity contribution is 7.87. The molecule has 9 nitrogen and oxygen atoms in total. The Balaban J connectivity index is 1.59. The maximum Gasteiger partial charge on any atom is 0.279 e. The van der Waals surface area contributed by atoms with Gasteiger partial charge in [0.2, 0.25) is 11.5 Å². The number of hydrogen-bond acceptors (Lipinski definition) is 6. The average molecular weight is 402 g/mol. The molecule has 12 heteroatoms. The van der Waals surface area contributed by atoms with Crippen LogP contribution in [0.25, 0.3) is 11.0 Å². The second-order valence-electron chi connectivity index (χ2n) is 6.53. The summed E-state index contributed by atoms with van der Waals surface area (Å²) in [4.78, 5) is 22.4. The van der Waals surface area contributed by atoms with E-state index in [0.29, 0.717) is 36.7 Å². The highest BCUT2D eigenvalue weighted by Gasteiger charge is 2.31. The lowest BCUT2D eigenvalue weighted by atomic mass is 10.1. The summed E-state index contributed by atoms with van der Waals surface area (Å²) >= 11 is 0. The third-order valence-electron chi connectivity index (χ3n) is 4.16. The Morgan fingerprint density at radius 1 is 1.33 bits per heavy atom. The van der Waals surface area contributed by atoms with E-state index in [4.69, 9.17) is 0 Å². The van der Waals surface area contributed by atoms with Crippen molar-refractivity contribution in [3.05, 3.63) is 28.7 Å². The van der Waals surface area contributed by atoms with Gasteiger partial charge in [-0.2, -0.15) is 22.4 Å². The molecule has 1 aliphatic heterocycles. The van der Waals surface area contributed by atoms with Crippen LogP contribution in [0.3, 0.4) is 0 Å². The van der Waals surface area contributed by atoms with Gasteiger partial charge in [-0.05, 0) is 18.9 Å². The van der Waals surface area contributed by atoms with Crippen LogP contribution in [0.15, 0.2) is 23.1 Å². The zero-order valence-electron chi connectivity index (χ0n) is 14.6. The van der Waals surface area contributed by atoms with Crippen LogP contribution < -0.4 is 15.6 Å². The molecule has 0 radical (unpaired) electrons. The van der Waals surface area contributed by atoms with E-state index in [-0.39, 0.29) is 24.7 Å². The fourth-order valence-electron chi connectivity index (χ4n) is 2.74. The van der Waals surface area contributed by atoms with Crippen LogP contribution in [0.1, 0.15) is 19.8 Å². The number of fused-ring (bicyclic) bond motifs is 1. The molecule has 0 saturated carbocycles. The van der Waals surface area contributed by atoms with Crippen molar-refractivity contribution in [3.8, 4) is 0 Å². The summed E-state index contributed by atoms with van der Waals surface area (Å²) < 4.78 is 53.0. The minimum absolute atomic E-state index is 0.0723. The first-order valence-electron chi connectivity index (χ1n) is 8.38. The predicted molar refractivity (Wildman–Crippen MR) is 95.9 cm³/mol. The smallest absolute Gasteiger partial charge is 0.279 e. The van der Waals surface area contributed by atoms with Crippen LogP contribution in [0.4, 0.5) is 14.7 Å². The molecule has 0 aromatic carbocycles. The molecule has 0 amide bonds. The third-order valence-corrected chi connectivity index (χ3v) is 5.72. The molecule has 1 saturated heterocycles. The monoisotopic (exact) mass is 402 g/mol. The Bertz CT molecular complexity index is 967. The van der Waals surface area contributed by atoms with Crippen LogP contribution in [-0.4, -0.2) is 59.3 Å². The van der Waals surface area contributed by atoms with Gasteiger partial charge >= 0.3 is 0 Å². The van der Waals surface area contributed by atoms with Gasteiger partial charge < -0.3 is 10.3 Å². The number of rotatable bonds is 6. The third kappa shape index (κ3) is 5.17. The number of aromatic amines is 1. The molecule has 3 N–H and O–H groups in total. The van der Waals surface area contributed by atoms with Crippen molar-refractivity contribution in [1.82, 2.24) is 24.0 Å². The van der Waals surface area contributed by atoms with Gasteiger partial charge in [-0.15, -0.1) is 0 Å². The van der Waals surface area contributed by atoms with Gasteiger partial charge in [-0.25, -0.2) is 13.8 Å². The topological polar surface area (TPSA) is 120 Å². The molecule has 2 aromatic rings. The number of halogens is 2. The summed E-state index contributed by atoms with van der Waals surface area (Å²) in [6, 6.07) is 2.93. The minimum Gasteiger partial charge on any atom is -0.351 e. The number of H-pyrrole nitrogens is 1. The summed E-state index contributed by atoms with van der Waals surface area (Å²) in [5.74, 6) is -2.78.